The number of benzene rings is 1. The maximum atomic E-state index is 13.9. The zero-order chi connectivity index (χ0) is 33.8. The Morgan fingerprint density at radius 3 is 2.09 bits per heavy atom. The monoisotopic (exact) mass is 649 g/mol. The largest absolute Gasteiger partial charge is 0.460 e. The van der Waals surface area contributed by atoms with Crippen molar-refractivity contribution in [2.75, 3.05) is 17.6 Å². The molecule has 244 valence electrons. The van der Waals surface area contributed by atoms with E-state index >= 15 is 0 Å². The summed E-state index contributed by atoms with van der Waals surface area (Å²) in [7, 11) is -4.68. The van der Waals surface area contributed by atoms with Crippen molar-refractivity contribution in [1.82, 2.24) is 9.97 Å². The van der Waals surface area contributed by atoms with Gasteiger partial charge < -0.3 is 9.16 Å². The number of anilines is 1. The lowest BCUT2D eigenvalue weighted by atomic mass is 9.97. The predicted molar refractivity (Wildman–Crippen MR) is 176 cm³/mol. The van der Waals surface area contributed by atoms with Crippen LogP contribution in [0, 0.1) is 5.82 Å². The molecule has 1 atom stereocenters. The Labute approximate surface area is 263 Å². The van der Waals surface area contributed by atoms with Crippen LogP contribution in [0.15, 0.2) is 30.3 Å². The Bertz CT molecular complexity index is 1480. The fraction of sp³-hybridized carbons (Fsp3) is 0.562. The third kappa shape index (κ3) is 10.6. The Morgan fingerprint density at radius 1 is 1.05 bits per heavy atom. The van der Waals surface area contributed by atoms with Gasteiger partial charge in [-0.3, -0.25) is 9.59 Å². The summed E-state index contributed by atoms with van der Waals surface area (Å²) in [4.78, 5) is 34.7. The normalized spacial score (nSPS) is 13.8. The molecular weight excluding hydrogens is 602 g/mol. The van der Waals surface area contributed by atoms with E-state index in [0.717, 1.165) is 10.6 Å². The summed E-state index contributed by atoms with van der Waals surface area (Å²) in [6.07, 6.45) is 3.50. The molecule has 0 spiro atoms. The zero-order valence-corrected chi connectivity index (χ0v) is 29.9. The van der Waals surface area contributed by atoms with E-state index < -0.39 is 41.8 Å². The third-order valence-electron chi connectivity index (χ3n) is 7.33. The maximum Gasteiger partial charge on any atom is 0.313 e. The van der Waals surface area contributed by atoms with Gasteiger partial charge in [0.25, 0.3) is 0 Å². The molecule has 2 aromatic rings. The number of halogens is 1. The van der Waals surface area contributed by atoms with Crippen LogP contribution in [0.2, 0.25) is 18.1 Å². The molecule has 2 rings (SSSR count). The molecule has 12 heteroatoms. The van der Waals surface area contributed by atoms with E-state index in [1.807, 2.05) is 13.8 Å². The fourth-order valence-corrected chi connectivity index (χ4v) is 5.59. The smallest absolute Gasteiger partial charge is 0.313 e. The van der Waals surface area contributed by atoms with Gasteiger partial charge in [0.15, 0.2) is 8.32 Å². The van der Waals surface area contributed by atoms with Crippen LogP contribution >= 0.6 is 0 Å². The van der Waals surface area contributed by atoms with Crippen LogP contribution in [-0.4, -0.2) is 63.5 Å². The van der Waals surface area contributed by atoms with Crippen LogP contribution in [0.1, 0.15) is 85.4 Å². The summed E-state index contributed by atoms with van der Waals surface area (Å²) >= 11 is 0. The van der Waals surface area contributed by atoms with Gasteiger partial charge in [-0.05, 0) is 69.1 Å². The lowest BCUT2D eigenvalue weighted by Gasteiger charge is -2.38. The molecule has 1 aromatic heterocycles. The van der Waals surface area contributed by atoms with Crippen LogP contribution < -0.4 is 4.31 Å². The molecule has 0 saturated carbocycles. The minimum atomic E-state index is -3.67. The van der Waals surface area contributed by atoms with E-state index in [9.17, 15) is 22.4 Å². The molecule has 9 nitrogen and oxygen atoms in total. The minimum Gasteiger partial charge on any atom is -0.460 e. The standard InChI is InChI=1S/C32H48FN3O6SSi/c1-21(2)28-26(29(22-13-15-23(33)16-14-22)35-30(34-28)36(9)43(10,39)40)18-17-25(42-44(11,12)32(6,7)8)19-24(37)20-27(38)41-31(3,4)5/h13-18,21,25H,19-20H2,1-12H3/b18-17+/t25-/m1/s1. The second kappa shape index (κ2) is 14.0. The molecule has 0 aliphatic carbocycles. The number of hydrogen-bond acceptors (Lipinski definition) is 8. The predicted octanol–water partition coefficient (Wildman–Crippen LogP) is 6.90. The highest BCUT2D eigenvalue weighted by Gasteiger charge is 2.39. The summed E-state index contributed by atoms with van der Waals surface area (Å²) < 4.78 is 51.6. The number of carbonyl (C=O) groups excluding carboxylic acids is 2. The van der Waals surface area contributed by atoms with Crippen molar-refractivity contribution in [3.63, 3.8) is 0 Å². The molecule has 1 aromatic carbocycles. The Balaban J connectivity index is 2.70. The molecule has 0 fully saturated rings. The van der Waals surface area contributed by atoms with E-state index in [-0.39, 0.29) is 35.5 Å². The number of carbonyl (C=O) groups is 2. The van der Waals surface area contributed by atoms with Crippen molar-refractivity contribution in [2.45, 2.75) is 104 Å². The average molecular weight is 650 g/mol. The molecule has 0 amide bonds. The number of nitrogens with zero attached hydrogens (tertiary/aromatic N) is 3. The maximum absolute atomic E-state index is 13.9. The summed E-state index contributed by atoms with van der Waals surface area (Å²) in [5, 5.41) is -0.156. The van der Waals surface area contributed by atoms with Crippen LogP contribution in [0.4, 0.5) is 10.3 Å². The molecule has 0 N–H and O–H groups in total. The number of sulfonamides is 1. The second-order valence-electron chi connectivity index (χ2n) is 13.8. The summed E-state index contributed by atoms with van der Waals surface area (Å²) in [5.41, 5.74) is 1.39. The van der Waals surface area contributed by atoms with E-state index in [2.05, 4.69) is 43.8 Å². The van der Waals surface area contributed by atoms with Gasteiger partial charge in [-0.25, -0.2) is 27.1 Å². The van der Waals surface area contributed by atoms with Crippen LogP contribution in [0.25, 0.3) is 17.3 Å². The van der Waals surface area contributed by atoms with Gasteiger partial charge >= 0.3 is 5.97 Å². The van der Waals surface area contributed by atoms with Crippen LogP contribution in [0.3, 0.4) is 0 Å². The third-order valence-corrected chi connectivity index (χ3v) is 13.0. The highest BCUT2D eigenvalue weighted by Crippen LogP contribution is 2.38. The molecule has 0 aliphatic heterocycles. The first-order valence-corrected chi connectivity index (χ1v) is 19.4. The second-order valence-corrected chi connectivity index (χ2v) is 20.6. The molecule has 0 aliphatic rings. The first-order chi connectivity index (χ1) is 19.9. The van der Waals surface area contributed by atoms with E-state index in [1.165, 1.54) is 19.2 Å². The minimum absolute atomic E-state index is 0.0192. The summed E-state index contributed by atoms with van der Waals surface area (Å²) in [5.74, 6) is -1.52. The molecule has 1 heterocycles. The van der Waals surface area contributed by atoms with E-state index in [1.54, 1.807) is 45.1 Å². The average Bonchev–Trinajstić information content (AvgIpc) is 2.84. The summed E-state index contributed by atoms with van der Waals surface area (Å²) in [6, 6.07) is 5.74. The van der Waals surface area contributed by atoms with Crippen molar-refractivity contribution >= 4 is 42.1 Å². The van der Waals surface area contributed by atoms with Crippen LogP contribution in [-0.2, 0) is 28.8 Å². The van der Waals surface area contributed by atoms with Gasteiger partial charge in [0.2, 0.25) is 16.0 Å². The number of aromatic nitrogens is 2. The van der Waals surface area contributed by atoms with Gasteiger partial charge in [0.1, 0.15) is 23.6 Å². The highest BCUT2D eigenvalue weighted by atomic mass is 32.2. The van der Waals surface area contributed by atoms with Gasteiger partial charge in [-0.15, -0.1) is 0 Å². The number of hydrogen-bond donors (Lipinski definition) is 0. The zero-order valence-electron chi connectivity index (χ0n) is 28.1. The molecular formula is C32H48FN3O6SSi. The SMILES string of the molecule is CC(C)c1nc(N(C)S(C)(=O)=O)nc(-c2ccc(F)cc2)c1/C=C/[C@H](CC(=O)CC(=O)OC(C)(C)C)O[Si](C)(C)C(C)(C)C. The number of Topliss-reactive ketones (excluding diaryl/α,β-unsaturated/α-hetero) is 1. The first-order valence-electron chi connectivity index (χ1n) is 14.6. The molecule has 0 radical (unpaired) electrons. The molecule has 44 heavy (non-hydrogen) atoms. The van der Waals surface area contributed by atoms with Crippen molar-refractivity contribution in [3.05, 3.63) is 47.4 Å². The van der Waals surface area contributed by atoms with Crippen molar-refractivity contribution in [2.24, 2.45) is 0 Å². The van der Waals surface area contributed by atoms with Gasteiger partial charge in [-0.2, -0.15) is 0 Å². The number of ketones is 1. The first kappa shape index (κ1) is 37.2. The lowest BCUT2D eigenvalue weighted by molar-refractivity contribution is -0.156. The molecule has 0 saturated heterocycles. The number of ether oxygens (including phenoxy) is 1. The van der Waals surface area contributed by atoms with E-state index in [0.29, 0.717) is 22.5 Å². The van der Waals surface area contributed by atoms with Gasteiger partial charge in [0, 0.05) is 24.6 Å². The van der Waals surface area contributed by atoms with Crippen LogP contribution in [0.5, 0.6) is 0 Å². The van der Waals surface area contributed by atoms with Crippen molar-refractivity contribution in [1.29, 1.82) is 0 Å². The van der Waals surface area contributed by atoms with Gasteiger partial charge in [-0.1, -0.05) is 46.8 Å². The van der Waals surface area contributed by atoms with Gasteiger partial charge in [0.05, 0.1) is 23.7 Å². The molecule has 0 unspecified atom stereocenters. The highest BCUT2D eigenvalue weighted by molar-refractivity contribution is 7.92. The van der Waals surface area contributed by atoms with Crippen molar-refractivity contribution in [3.8, 4) is 11.3 Å². The topological polar surface area (TPSA) is 116 Å². The van der Waals surface area contributed by atoms with Crippen molar-refractivity contribution < 1.29 is 31.6 Å². The Kier molecular flexibility index (Phi) is 11.8. The Morgan fingerprint density at radius 2 is 1.61 bits per heavy atom. The van der Waals surface area contributed by atoms with E-state index in [4.69, 9.17) is 9.16 Å². The number of esters is 1. The fourth-order valence-electron chi connectivity index (χ4n) is 3.94. The Hall–Kier alpha value is -2.96. The lowest BCUT2D eigenvalue weighted by Crippen LogP contribution is -2.44. The number of rotatable bonds is 12. The summed E-state index contributed by atoms with van der Waals surface area (Å²) in [6.45, 7) is 19.5. The molecule has 0 bridgehead atoms. The quantitative estimate of drug-likeness (QED) is 0.139.